The van der Waals surface area contributed by atoms with Crippen molar-refractivity contribution in [2.45, 2.75) is 13.3 Å². The van der Waals surface area contributed by atoms with Crippen LogP contribution in [0.1, 0.15) is 13.3 Å². The smallest absolute Gasteiger partial charge is 0.311 e. The topological polar surface area (TPSA) is 57.6 Å². The molecule has 0 spiro atoms. The third-order valence-electron chi connectivity index (χ3n) is 3.02. The Balaban J connectivity index is 2.10. The van der Waals surface area contributed by atoms with Gasteiger partial charge in [0.2, 0.25) is 5.91 Å². The van der Waals surface area contributed by atoms with E-state index in [0.29, 0.717) is 13.1 Å². The van der Waals surface area contributed by atoms with Gasteiger partial charge in [-0.25, -0.2) is 0 Å². The van der Waals surface area contributed by atoms with Crippen LogP contribution in [0, 0.1) is 11.3 Å². The molecule has 0 aromatic rings. The molecule has 1 amide bonds. The molecule has 2 fully saturated rings. The maximum atomic E-state index is 10.9. The number of likely N-dealkylation sites (tertiary alicyclic amines) is 1. The lowest BCUT2D eigenvalue weighted by Gasteiger charge is -2.16. The van der Waals surface area contributed by atoms with Crippen LogP contribution in [0.15, 0.2) is 0 Å². The fraction of sp³-hybridized carbons (Fsp3) is 0.750. The first kappa shape index (κ1) is 7.58. The molecule has 1 heterocycles. The number of hydrogen-bond donors (Lipinski definition) is 1. The van der Waals surface area contributed by atoms with E-state index in [0.717, 1.165) is 6.42 Å². The SMILES string of the molecule is CC(=O)N1C[C@@H]2C[C@@]2(C(=O)O)C1. The van der Waals surface area contributed by atoms with E-state index < -0.39 is 11.4 Å². The molecule has 4 nitrogen and oxygen atoms in total. The van der Waals surface area contributed by atoms with Crippen LogP contribution in [0.5, 0.6) is 0 Å². The molecule has 2 aliphatic rings. The van der Waals surface area contributed by atoms with Gasteiger partial charge in [-0.15, -0.1) is 0 Å². The van der Waals surface area contributed by atoms with Crippen molar-refractivity contribution in [2.75, 3.05) is 13.1 Å². The number of hydrogen-bond acceptors (Lipinski definition) is 2. The summed E-state index contributed by atoms with van der Waals surface area (Å²) >= 11 is 0. The number of aliphatic carboxylic acids is 1. The Morgan fingerprint density at radius 1 is 1.58 bits per heavy atom. The van der Waals surface area contributed by atoms with Crippen molar-refractivity contribution in [1.82, 2.24) is 4.90 Å². The largest absolute Gasteiger partial charge is 0.481 e. The molecule has 0 bridgehead atoms. The van der Waals surface area contributed by atoms with Crippen molar-refractivity contribution in [2.24, 2.45) is 11.3 Å². The Hall–Kier alpha value is -1.06. The lowest BCUT2D eigenvalue weighted by Crippen LogP contribution is -2.31. The van der Waals surface area contributed by atoms with Crippen molar-refractivity contribution in [3.63, 3.8) is 0 Å². The van der Waals surface area contributed by atoms with E-state index >= 15 is 0 Å². The Morgan fingerprint density at radius 3 is 2.58 bits per heavy atom. The molecule has 1 saturated carbocycles. The Bertz CT molecular complexity index is 263. The average molecular weight is 169 g/mol. The monoisotopic (exact) mass is 169 g/mol. The minimum Gasteiger partial charge on any atom is -0.481 e. The molecule has 1 N–H and O–H groups in total. The zero-order valence-corrected chi connectivity index (χ0v) is 6.91. The maximum Gasteiger partial charge on any atom is 0.311 e. The van der Waals surface area contributed by atoms with Gasteiger partial charge in [-0.05, 0) is 12.3 Å². The van der Waals surface area contributed by atoms with Crippen LogP contribution in [0.3, 0.4) is 0 Å². The molecule has 0 radical (unpaired) electrons. The lowest BCUT2D eigenvalue weighted by molar-refractivity contribution is -0.143. The summed E-state index contributed by atoms with van der Waals surface area (Å²) in [5.41, 5.74) is -0.564. The van der Waals surface area contributed by atoms with Gasteiger partial charge in [0.1, 0.15) is 0 Å². The zero-order valence-electron chi connectivity index (χ0n) is 6.91. The van der Waals surface area contributed by atoms with E-state index in [1.165, 1.54) is 6.92 Å². The van der Waals surface area contributed by atoms with E-state index in [-0.39, 0.29) is 11.8 Å². The fourth-order valence-corrected chi connectivity index (χ4v) is 2.05. The molecule has 4 heteroatoms. The van der Waals surface area contributed by atoms with Gasteiger partial charge in [0.25, 0.3) is 0 Å². The molecule has 2 atom stereocenters. The number of nitrogens with zero attached hydrogens (tertiary/aromatic N) is 1. The van der Waals surface area contributed by atoms with Crippen LogP contribution >= 0.6 is 0 Å². The van der Waals surface area contributed by atoms with Gasteiger partial charge >= 0.3 is 5.97 Å². The van der Waals surface area contributed by atoms with Crippen LogP contribution in [0.2, 0.25) is 0 Å². The van der Waals surface area contributed by atoms with E-state index in [1.807, 2.05) is 0 Å². The Labute approximate surface area is 70.2 Å². The van der Waals surface area contributed by atoms with Gasteiger partial charge in [0.05, 0.1) is 5.41 Å². The van der Waals surface area contributed by atoms with Crippen LogP contribution in [-0.2, 0) is 9.59 Å². The third-order valence-corrected chi connectivity index (χ3v) is 3.02. The highest BCUT2D eigenvalue weighted by molar-refractivity contribution is 5.82. The third kappa shape index (κ3) is 0.777. The minimum absolute atomic E-state index is 0.0113. The molecular weight excluding hydrogens is 158 g/mol. The summed E-state index contributed by atoms with van der Waals surface area (Å²) in [5.74, 6) is -0.530. The standard InChI is InChI=1S/C8H11NO3/c1-5(10)9-3-6-2-8(6,4-9)7(11)12/h6H,2-4H2,1H3,(H,11,12)/t6-,8+/m0/s1. The lowest BCUT2D eigenvalue weighted by atomic mass is 10.1. The zero-order chi connectivity index (χ0) is 8.93. The van der Waals surface area contributed by atoms with Gasteiger partial charge < -0.3 is 10.0 Å². The molecule has 66 valence electrons. The summed E-state index contributed by atoms with van der Waals surface area (Å²) in [6, 6.07) is 0. The van der Waals surface area contributed by atoms with Crippen molar-refractivity contribution in [3.05, 3.63) is 0 Å². The summed E-state index contributed by atoms with van der Waals surface area (Å²) in [6.45, 7) is 2.55. The molecule has 1 saturated heterocycles. The van der Waals surface area contributed by atoms with Gasteiger partial charge in [0, 0.05) is 20.0 Å². The predicted molar refractivity (Wildman–Crippen MR) is 40.4 cm³/mol. The van der Waals surface area contributed by atoms with E-state index in [9.17, 15) is 9.59 Å². The van der Waals surface area contributed by atoms with Crippen molar-refractivity contribution in [3.8, 4) is 0 Å². The first-order chi connectivity index (χ1) is 5.56. The second-order valence-electron chi connectivity index (χ2n) is 3.76. The summed E-state index contributed by atoms with van der Waals surface area (Å²) in [7, 11) is 0. The predicted octanol–water partition coefficient (Wildman–Crippen LogP) is -0.0606. The van der Waals surface area contributed by atoms with Crippen LogP contribution in [0.4, 0.5) is 0 Å². The van der Waals surface area contributed by atoms with E-state index in [4.69, 9.17) is 5.11 Å². The minimum atomic E-state index is -0.740. The number of amides is 1. The van der Waals surface area contributed by atoms with Crippen molar-refractivity contribution < 1.29 is 14.7 Å². The normalized spacial score (nSPS) is 37.8. The highest BCUT2D eigenvalue weighted by Gasteiger charge is 2.65. The summed E-state index contributed by atoms with van der Waals surface area (Å²) in [6.07, 6.45) is 0.756. The number of piperidine rings is 1. The molecule has 0 unspecified atom stereocenters. The summed E-state index contributed by atoms with van der Waals surface area (Å²) in [5, 5.41) is 8.88. The highest BCUT2D eigenvalue weighted by Crippen LogP contribution is 2.57. The highest BCUT2D eigenvalue weighted by atomic mass is 16.4. The van der Waals surface area contributed by atoms with Crippen LogP contribution in [-0.4, -0.2) is 35.0 Å². The van der Waals surface area contributed by atoms with Gasteiger partial charge in [-0.1, -0.05) is 0 Å². The second kappa shape index (κ2) is 2.00. The maximum absolute atomic E-state index is 10.9. The molecule has 1 aliphatic carbocycles. The Morgan fingerprint density at radius 2 is 2.25 bits per heavy atom. The first-order valence-electron chi connectivity index (χ1n) is 4.05. The molecule has 0 aromatic heterocycles. The number of carbonyl (C=O) groups is 2. The Kier molecular flexibility index (Phi) is 1.26. The summed E-state index contributed by atoms with van der Waals surface area (Å²) in [4.78, 5) is 23.3. The van der Waals surface area contributed by atoms with Crippen molar-refractivity contribution >= 4 is 11.9 Å². The number of rotatable bonds is 1. The fourth-order valence-electron chi connectivity index (χ4n) is 2.05. The van der Waals surface area contributed by atoms with E-state index in [1.54, 1.807) is 4.90 Å². The molecule has 12 heavy (non-hydrogen) atoms. The van der Waals surface area contributed by atoms with Crippen LogP contribution in [0.25, 0.3) is 0 Å². The van der Waals surface area contributed by atoms with Crippen molar-refractivity contribution in [1.29, 1.82) is 0 Å². The summed E-state index contributed by atoms with van der Waals surface area (Å²) < 4.78 is 0. The van der Waals surface area contributed by atoms with E-state index in [2.05, 4.69) is 0 Å². The second-order valence-corrected chi connectivity index (χ2v) is 3.76. The first-order valence-corrected chi connectivity index (χ1v) is 4.05. The number of carbonyl (C=O) groups excluding carboxylic acids is 1. The van der Waals surface area contributed by atoms with Gasteiger partial charge in [-0.2, -0.15) is 0 Å². The quantitative estimate of drug-likeness (QED) is 0.598. The van der Waals surface area contributed by atoms with Gasteiger partial charge in [0.15, 0.2) is 0 Å². The van der Waals surface area contributed by atoms with Crippen LogP contribution < -0.4 is 0 Å². The number of fused-ring (bicyclic) bond motifs is 1. The number of carboxylic acid groups (broad SMARTS) is 1. The average Bonchev–Trinajstić information content (AvgIpc) is 2.55. The number of carboxylic acids is 1. The van der Waals surface area contributed by atoms with Gasteiger partial charge in [-0.3, -0.25) is 9.59 Å². The molecular formula is C8H11NO3. The molecule has 2 rings (SSSR count). The molecule has 0 aromatic carbocycles. The molecule has 1 aliphatic heterocycles.